The average Bonchev–Trinajstić information content (AvgIpc) is 2.85. The molecule has 1 aliphatic heterocycles. The van der Waals surface area contributed by atoms with Crippen LogP contribution in [0, 0.1) is 0 Å². The van der Waals surface area contributed by atoms with Gasteiger partial charge in [-0.05, 0) is 36.6 Å². The molecular formula is C13H15BrO3. The van der Waals surface area contributed by atoms with Gasteiger partial charge in [0.25, 0.3) is 0 Å². The van der Waals surface area contributed by atoms with Crippen LogP contribution in [0.5, 0.6) is 5.75 Å². The quantitative estimate of drug-likeness (QED) is 0.857. The molecule has 0 bridgehead atoms. The highest BCUT2D eigenvalue weighted by Crippen LogP contribution is 2.24. The lowest BCUT2D eigenvalue weighted by atomic mass is 10.0. The van der Waals surface area contributed by atoms with Gasteiger partial charge in [-0.15, -0.1) is 0 Å². The van der Waals surface area contributed by atoms with Gasteiger partial charge in [0.05, 0.1) is 7.11 Å². The van der Waals surface area contributed by atoms with E-state index in [0.717, 1.165) is 28.6 Å². The standard InChI is InChI=1S/C13H15BrO3/c1-16-10-4-5-11(14)9(7-10)8-12(15)13-3-2-6-17-13/h4-5,7,13H,2-3,6,8H2,1H3. The van der Waals surface area contributed by atoms with Gasteiger partial charge in [0.1, 0.15) is 11.9 Å². The second kappa shape index (κ2) is 5.65. The molecule has 17 heavy (non-hydrogen) atoms. The number of rotatable bonds is 4. The Hall–Kier alpha value is -0.870. The van der Waals surface area contributed by atoms with Crippen LogP contribution in [0.25, 0.3) is 0 Å². The number of ether oxygens (including phenoxy) is 2. The van der Waals surface area contributed by atoms with Crippen molar-refractivity contribution >= 4 is 21.7 Å². The van der Waals surface area contributed by atoms with Crippen LogP contribution in [0.4, 0.5) is 0 Å². The number of methoxy groups -OCH3 is 1. The van der Waals surface area contributed by atoms with E-state index >= 15 is 0 Å². The molecule has 1 heterocycles. The summed E-state index contributed by atoms with van der Waals surface area (Å²) in [7, 11) is 1.62. The number of halogens is 1. The van der Waals surface area contributed by atoms with Crippen molar-refractivity contribution in [3.8, 4) is 5.75 Å². The lowest BCUT2D eigenvalue weighted by molar-refractivity contribution is -0.127. The van der Waals surface area contributed by atoms with Crippen LogP contribution in [0.3, 0.4) is 0 Å². The third-order valence-corrected chi connectivity index (χ3v) is 3.68. The monoisotopic (exact) mass is 298 g/mol. The molecule has 92 valence electrons. The lowest BCUT2D eigenvalue weighted by Gasteiger charge is -2.10. The summed E-state index contributed by atoms with van der Waals surface area (Å²) in [6.45, 7) is 0.704. The first-order chi connectivity index (χ1) is 8.20. The SMILES string of the molecule is COc1ccc(Br)c(CC(=O)C2CCCO2)c1. The molecule has 0 spiro atoms. The third kappa shape index (κ3) is 3.07. The minimum atomic E-state index is -0.215. The Kier molecular flexibility index (Phi) is 4.18. The van der Waals surface area contributed by atoms with Gasteiger partial charge >= 0.3 is 0 Å². The molecule has 1 saturated heterocycles. The normalized spacial score (nSPS) is 19.3. The predicted molar refractivity (Wildman–Crippen MR) is 68.4 cm³/mol. The number of benzene rings is 1. The van der Waals surface area contributed by atoms with Crippen molar-refractivity contribution in [1.29, 1.82) is 0 Å². The largest absolute Gasteiger partial charge is 0.497 e. The van der Waals surface area contributed by atoms with E-state index in [1.165, 1.54) is 0 Å². The van der Waals surface area contributed by atoms with Gasteiger partial charge in [-0.2, -0.15) is 0 Å². The number of carbonyl (C=O) groups excluding carboxylic acids is 1. The molecule has 1 fully saturated rings. The summed E-state index contributed by atoms with van der Waals surface area (Å²) < 4.78 is 11.5. The zero-order valence-corrected chi connectivity index (χ0v) is 11.3. The molecule has 1 aliphatic rings. The Morgan fingerprint density at radius 1 is 1.59 bits per heavy atom. The molecule has 1 aromatic rings. The van der Waals surface area contributed by atoms with Gasteiger partial charge in [0, 0.05) is 17.5 Å². The molecule has 0 aromatic heterocycles. The van der Waals surface area contributed by atoms with Crippen molar-refractivity contribution in [3.05, 3.63) is 28.2 Å². The Balaban J connectivity index is 2.09. The van der Waals surface area contributed by atoms with E-state index < -0.39 is 0 Å². The highest BCUT2D eigenvalue weighted by molar-refractivity contribution is 9.10. The molecule has 0 N–H and O–H groups in total. The molecule has 2 rings (SSSR count). The van der Waals surface area contributed by atoms with E-state index in [1.54, 1.807) is 7.11 Å². The molecule has 1 atom stereocenters. The van der Waals surface area contributed by atoms with Crippen LogP contribution in [0.2, 0.25) is 0 Å². The first-order valence-electron chi connectivity index (χ1n) is 5.67. The van der Waals surface area contributed by atoms with Gasteiger partial charge in [-0.1, -0.05) is 15.9 Å². The Morgan fingerprint density at radius 3 is 3.06 bits per heavy atom. The number of carbonyl (C=O) groups is 1. The van der Waals surface area contributed by atoms with Gasteiger partial charge in [-0.3, -0.25) is 4.79 Å². The number of hydrogen-bond donors (Lipinski definition) is 0. The number of ketones is 1. The molecule has 0 radical (unpaired) electrons. The Labute approximate surface area is 109 Å². The number of Topliss-reactive ketones (excluding diaryl/α,β-unsaturated/α-hetero) is 1. The highest BCUT2D eigenvalue weighted by atomic mass is 79.9. The fraction of sp³-hybridized carbons (Fsp3) is 0.462. The maximum Gasteiger partial charge on any atom is 0.165 e. The topological polar surface area (TPSA) is 35.5 Å². The van der Waals surface area contributed by atoms with Crippen molar-refractivity contribution < 1.29 is 14.3 Å². The molecule has 1 unspecified atom stereocenters. The minimum absolute atomic E-state index is 0.149. The van der Waals surface area contributed by atoms with Gasteiger partial charge < -0.3 is 9.47 Å². The van der Waals surface area contributed by atoms with Crippen LogP contribution in [-0.2, 0) is 16.0 Å². The maximum atomic E-state index is 12.0. The van der Waals surface area contributed by atoms with E-state index in [9.17, 15) is 4.79 Å². The van der Waals surface area contributed by atoms with E-state index in [0.29, 0.717) is 13.0 Å². The molecule has 3 nitrogen and oxygen atoms in total. The van der Waals surface area contributed by atoms with E-state index in [2.05, 4.69) is 15.9 Å². The fourth-order valence-corrected chi connectivity index (χ4v) is 2.33. The summed E-state index contributed by atoms with van der Waals surface area (Å²) in [5.41, 5.74) is 0.949. The first-order valence-corrected chi connectivity index (χ1v) is 6.46. The highest BCUT2D eigenvalue weighted by Gasteiger charge is 2.24. The zero-order chi connectivity index (χ0) is 12.3. The average molecular weight is 299 g/mol. The minimum Gasteiger partial charge on any atom is -0.497 e. The molecule has 0 amide bonds. The summed E-state index contributed by atoms with van der Waals surface area (Å²) >= 11 is 3.45. The molecule has 4 heteroatoms. The van der Waals surface area contributed by atoms with E-state index in [-0.39, 0.29) is 11.9 Å². The van der Waals surface area contributed by atoms with Crippen molar-refractivity contribution in [3.63, 3.8) is 0 Å². The smallest absolute Gasteiger partial charge is 0.165 e. The van der Waals surface area contributed by atoms with Gasteiger partial charge in [-0.25, -0.2) is 0 Å². The van der Waals surface area contributed by atoms with Crippen LogP contribution in [0.1, 0.15) is 18.4 Å². The van der Waals surface area contributed by atoms with E-state index in [1.807, 2.05) is 18.2 Å². The molecular weight excluding hydrogens is 284 g/mol. The van der Waals surface area contributed by atoms with Gasteiger partial charge in [0.2, 0.25) is 0 Å². The maximum absolute atomic E-state index is 12.0. The molecule has 0 saturated carbocycles. The summed E-state index contributed by atoms with van der Waals surface area (Å²) in [4.78, 5) is 12.0. The zero-order valence-electron chi connectivity index (χ0n) is 9.74. The molecule has 0 aliphatic carbocycles. The van der Waals surface area contributed by atoms with Crippen LogP contribution < -0.4 is 4.74 Å². The summed E-state index contributed by atoms with van der Waals surface area (Å²) in [6, 6.07) is 5.65. The summed E-state index contributed by atoms with van der Waals surface area (Å²) in [6.07, 6.45) is 2.01. The Bertz CT molecular complexity index is 411. The fourth-order valence-electron chi connectivity index (χ4n) is 1.95. The van der Waals surface area contributed by atoms with Crippen molar-refractivity contribution in [2.75, 3.05) is 13.7 Å². The lowest BCUT2D eigenvalue weighted by Crippen LogP contribution is -2.21. The second-order valence-electron chi connectivity index (χ2n) is 4.10. The van der Waals surface area contributed by atoms with Gasteiger partial charge in [0.15, 0.2) is 5.78 Å². The second-order valence-corrected chi connectivity index (χ2v) is 4.96. The summed E-state index contributed by atoms with van der Waals surface area (Å²) in [5, 5.41) is 0. The van der Waals surface area contributed by atoms with Crippen molar-refractivity contribution in [2.24, 2.45) is 0 Å². The van der Waals surface area contributed by atoms with Crippen LogP contribution >= 0.6 is 15.9 Å². The number of hydrogen-bond acceptors (Lipinski definition) is 3. The Morgan fingerprint density at radius 2 is 2.41 bits per heavy atom. The van der Waals surface area contributed by atoms with E-state index in [4.69, 9.17) is 9.47 Å². The summed E-state index contributed by atoms with van der Waals surface area (Å²) in [5.74, 6) is 0.916. The molecule has 1 aromatic carbocycles. The van der Waals surface area contributed by atoms with Crippen molar-refractivity contribution in [1.82, 2.24) is 0 Å². The predicted octanol–water partition coefficient (Wildman–Crippen LogP) is 2.75. The van der Waals surface area contributed by atoms with Crippen LogP contribution in [-0.4, -0.2) is 25.6 Å². The third-order valence-electron chi connectivity index (χ3n) is 2.91. The van der Waals surface area contributed by atoms with Crippen molar-refractivity contribution in [2.45, 2.75) is 25.4 Å². The van der Waals surface area contributed by atoms with Crippen LogP contribution in [0.15, 0.2) is 22.7 Å². The first kappa shape index (κ1) is 12.6.